The van der Waals surface area contributed by atoms with Gasteiger partial charge in [0.05, 0.1) is 18.4 Å². The summed E-state index contributed by atoms with van der Waals surface area (Å²) in [6.45, 7) is 9.93. The van der Waals surface area contributed by atoms with Gasteiger partial charge < -0.3 is 4.90 Å². The Balaban J connectivity index is 1.39. The average Bonchev–Trinajstić information content (AvgIpc) is 3.38. The molecule has 0 saturated carbocycles. The van der Waals surface area contributed by atoms with Crippen LogP contribution in [0.2, 0.25) is 0 Å². The number of aromatic nitrogens is 4. The van der Waals surface area contributed by atoms with Crippen molar-refractivity contribution in [1.82, 2.24) is 24.6 Å². The molecule has 0 aliphatic carbocycles. The Bertz CT molecular complexity index is 850. The Morgan fingerprint density at radius 2 is 2.07 bits per heavy atom. The van der Waals surface area contributed by atoms with Crippen molar-refractivity contribution in [2.75, 3.05) is 18.0 Å². The highest BCUT2D eigenvalue weighted by molar-refractivity contribution is 5.38. The lowest BCUT2D eigenvalue weighted by Gasteiger charge is -2.35. The lowest BCUT2D eigenvalue weighted by atomic mass is 9.98. The number of anilines is 1. The highest BCUT2D eigenvalue weighted by Gasteiger charge is 2.41. The topological polar surface area (TPSA) is 50.1 Å². The molecule has 6 nitrogen and oxygen atoms in total. The third-order valence-electron chi connectivity index (χ3n) is 6.57. The first-order valence-corrected chi connectivity index (χ1v) is 10.2. The highest BCUT2D eigenvalue weighted by Crippen LogP contribution is 2.44. The molecule has 2 aromatic rings. The van der Waals surface area contributed by atoms with Gasteiger partial charge in [0.2, 0.25) is 5.95 Å². The van der Waals surface area contributed by atoms with E-state index in [4.69, 9.17) is 9.97 Å². The molecule has 2 saturated heterocycles. The molecule has 0 radical (unpaired) electrons. The second kappa shape index (κ2) is 6.75. The van der Waals surface area contributed by atoms with Gasteiger partial charge in [-0.15, -0.1) is 6.58 Å². The van der Waals surface area contributed by atoms with Gasteiger partial charge in [0.25, 0.3) is 0 Å². The van der Waals surface area contributed by atoms with E-state index in [2.05, 4.69) is 34.6 Å². The predicted molar refractivity (Wildman–Crippen MR) is 106 cm³/mol. The number of hydrogen-bond acceptors (Lipinski definition) is 5. The first-order chi connectivity index (χ1) is 13.2. The fraction of sp³-hybridized carbons (Fsp3) is 0.571. The van der Waals surface area contributed by atoms with Gasteiger partial charge in [-0.2, -0.15) is 5.10 Å². The monoisotopic (exact) mass is 364 g/mol. The standard InChI is InChI=1S/C21H28N6/c1-3-8-27-15(2)16(12-23-27)14-26-17-6-7-20(26)18-13-22-21(24-19(18)11-17)25-9-4-5-10-25/h3,12-13,17,20H,1,4-11,14H2,2H3/t17-,20+/m0/s1. The summed E-state index contributed by atoms with van der Waals surface area (Å²) < 4.78 is 2.04. The molecule has 5 rings (SSSR count). The van der Waals surface area contributed by atoms with E-state index in [0.29, 0.717) is 12.1 Å². The van der Waals surface area contributed by atoms with E-state index in [9.17, 15) is 0 Å². The average molecular weight is 364 g/mol. The van der Waals surface area contributed by atoms with Crippen LogP contribution in [0.4, 0.5) is 5.95 Å². The van der Waals surface area contributed by atoms with Gasteiger partial charge in [0.15, 0.2) is 0 Å². The Labute approximate surface area is 160 Å². The highest BCUT2D eigenvalue weighted by atomic mass is 15.3. The molecular formula is C21H28N6. The summed E-state index contributed by atoms with van der Waals surface area (Å²) in [6, 6.07) is 1.04. The van der Waals surface area contributed by atoms with Gasteiger partial charge in [0.1, 0.15) is 0 Å². The molecule has 2 bridgehead atoms. The van der Waals surface area contributed by atoms with Gasteiger partial charge in [-0.25, -0.2) is 9.97 Å². The van der Waals surface area contributed by atoms with Crippen LogP contribution < -0.4 is 4.90 Å². The van der Waals surface area contributed by atoms with Crippen molar-refractivity contribution in [2.24, 2.45) is 0 Å². The zero-order chi connectivity index (χ0) is 18.4. The van der Waals surface area contributed by atoms with E-state index in [1.165, 1.54) is 48.2 Å². The number of allylic oxidation sites excluding steroid dienone is 1. The number of nitrogens with zero attached hydrogens (tertiary/aromatic N) is 6. The van der Waals surface area contributed by atoms with Crippen LogP contribution >= 0.6 is 0 Å². The zero-order valence-electron chi connectivity index (χ0n) is 16.1. The summed E-state index contributed by atoms with van der Waals surface area (Å²) in [5, 5.41) is 4.53. The van der Waals surface area contributed by atoms with E-state index in [1.807, 2.05) is 17.0 Å². The third-order valence-corrected chi connectivity index (χ3v) is 6.57. The van der Waals surface area contributed by atoms with Crippen LogP contribution in [0.5, 0.6) is 0 Å². The summed E-state index contributed by atoms with van der Waals surface area (Å²) in [4.78, 5) is 14.7. The lowest BCUT2D eigenvalue weighted by molar-refractivity contribution is 0.166. The van der Waals surface area contributed by atoms with Crippen molar-refractivity contribution >= 4 is 5.95 Å². The van der Waals surface area contributed by atoms with Crippen molar-refractivity contribution in [3.05, 3.63) is 47.6 Å². The quantitative estimate of drug-likeness (QED) is 0.764. The molecule has 27 heavy (non-hydrogen) atoms. The molecule has 5 heterocycles. The molecule has 3 aliphatic rings. The number of hydrogen-bond donors (Lipinski definition) is 0. The van der Waals surface area contributed by atoms with Crippen molar-refractivity contribution in [1.29, 1.82) is 0 Å². The van der Waals surface area contributed by atoms with Crippen molar-refractivity contribution in [3.63, 3.8) is 0 Å². The molecule has 2 atom stereocenters. The SMILES string of the molecule is C=CCn1ncc(CN2[C@H]3CC[C@@H]2c2cnc(N4CCCC4)nc2C3)c1C. The smallest absolute Gasteiger partial charge is 0.225 e. The second-order valence-corrected chi connectivity index (χ2v) is 8.12. The normalized spacial score (nSPS) is 24.4. The van der Waals surface area contributed by atoms with Crippen LogP contribution in [-0.2, 0) is 19.5 Å². The van der Waals surface area contributed by atoms with Crippen molar-refractivity contribution in [3.8, 4) is 0 Å². The van der Waals surface area contributed by atoms with Crippen LogP contribution in [-0.4, -0.2) is 43.8 Å². The van der Waals surface area contributed by atoms with Crippen LogP contribution in [0.1, 0.15) is 54.2 Å². The molecule has 0 unspecified atom stereocenters. The molecule has 0 amide bonds. The summed E-state index contributed by atoms with van der Waals surface area (Å²) in [5.74, 6) is 0.945. The first-order valence-electron chi connectivity index (χ1n) is 10.2. The van der Waals surface area contributed by atoms with Gasteiger partial charge >= 0.3 is 0 Å². The van der Waals surface area contributed by atoms with Crippen molar-refractivity contribution in [2.45, 2.75) is 64.2 Å². The van der Waals surface area contributed by atoms with Crippen molar-refractivity contribution < 1.29 is 0 Å². The minimum Gasteiger partial charge on any atom is -0.341 e. The molecule has 0 spiro atoms. The van der Waals surface area contributed by atoms with E-state index >= 15 is 0 Å². The molecule has 3 aliphatic heterocycles. The van der Waals surface area contributed by atoms with Gasteiger partial charge in [-0.05, 0) is 32.6 Å². The number of fused-ring (bicyclic) bond motifs is 4. The molecule has 142 valence electrons. The Kier molecular flexibility index (Phi) is 4.23. The predicted octanol–water partition coefficient (Wildman–Crippen LogP) is 3.03. The van der Waals surface area contributed by atoms with E-state index in [-0.39, 0.29) is 0 Å². The Morgan fingerprint density at radius 1 is 1.22 bits per heavy atom. The van der Waals surface area contributed by atoms with Crippen LogP contribution in [0.15, 0.2) is 25.0 Å². The fourth-order valence-corrected chi connectivity index (χ4v) is 5.02. The summed E-state index contributed by atoms with van der Waals surface area (Å²) in [7, 11) is 0. The fourth-order valence-electron chi connectivity index (χ4n) is 5.02. The maximum Gasteiger partial charge on any atom is 0.225 e. The zero-order valence-corrected chi connectivity index (χ0v) is 16.1. The van der Waals surface area contributed by atoms with Gasteiger partial charge in [-0.1, -0.05) is 6.08 Å². The Morgan fingerprint density at radius 3 is 2.89 bits per heavy atom. The van der Waals surface area contributed by atoms with Crippen LogP contribution in [0.3, 0.4) is 0 Å². The molecule has 2 aromatic heterocycles. The maximum atomic E-state index is 4.98. The van der Waals surface area contributed by atoms with Crippen LogP contribution in [0.25, 0.3) is 0 Å². The maximum absolute atomic E-state index is 4.98. The summed E-state index contributed by atoms with van der Waals surface area (Å²) in [5.41, 5.74) is 5.21. The minimum atomic E-state index is 0.452. The van der Waals surface area contributed by atoms with E-state index in [0.717, 1.165) is 38.5 Å². The molecule has 2 fully saturated rings. The van der Waals surface area contributed by atoms with E-state index in [1.54, 1.807) is 0 Å². The van der Waals surface area contributed by atoms with Crippen LogP contribution in [0, 0.1) is 6.92 Å². The van der Waals surface area contributed by atoms with Gasteiger partial charge in [-0.3, -0.25) is 9.58 Å². The Hall–Kier alpha value is -2.21. The number of rotatable bonds is 5. The summed E-state index contributed by atoms with van der Waals surface area (Å²) in [6.07, 6.45) is 12.1. The van der Waals surface area contributed by atoms with E-state index < -0.39 is 0 Å². The minimum absolute atomic E-state index is 0.452. The molecule has 0 aromatic carbocycles. The first kappa shape index (κ1) is 16.9. The molecular weight excluding hydrogens is 336 g/mol. The third kappa shape index (κ3) is 2.87. The second-order valence-electron chi connectivity index (χ2n) is 8.12. The largest absolute Gasteiger partial charge is 0.341 e. The van der Waals surface area contributed by atoms with Gasteiger partial charge in [0, 0.05) is 61.2 Å². The molecule has 6 heteroatoms. The lowest BCUT2D eigenvalue weighted by Crippen LogP contribution is -2.38. The molecule has 0 N–H and O–H groups in total. The summed E-state index contributed by atoms with van der Waals surface area (Å²) >= 11 is 0.